The third-order valence-corrected chi connectivity index (χ3v) is 4.35. The Morgan fingerprint density at radius 1 is 1.22 bits per heavy atom. The second-order valence-corrected chi connectivity index (χ2v) is 6.85. The average Bonchev–Trinajstić information content (AvgIpc) is 2.85. The van der Waals surface area contributed by atoms with Crippen LogP contribution in [0, 0.1) is 6.92 Å². The minimum absolute atomic E-state index is 0.0492. The number of hydrogen-bond acceptors (Lipinski definition) is 4. The Balaban J connectivity index is 2.11. The molecule has 1 heterocycles. The molecule has 6 heteroatoms. The van der Waals surface area contributed by atoms with Gasteiger partial charge in [0.15, 0.2) is 5.13 Å². The Hall–Kier alpha value is -2.21. The van der Waals surface area contributed by atoms with Gasteiger partial charge in [0.05, 0.1) is 12.1 Å². The molecule has 0 aliphatic carbocycles. The molecule has 0 aliphatic rings. The summed E-state index contributed by atoms with van der Waals surface area (Å²) in [4.78, 5) is 27.6. The number of aryl methyl sites for hydroxylation is 1. The number of aliphatic carboxylic acids is 1. The maximum atomic E-state index is 11.7. The number of hydrogen-bond donors (Lipinski definition) is 2. The van der Waals surface area contributed by atoms with Crippen molar-refractivity contribution in [1.29, 1.82) is 0 Å². The molecule has 2 rings (SSSR count). The summed E-state index contributed by atoms with van der Waals surface area (Å²) in [7, 11) is 0. The van der Waals surface area contributed by atoms with Gasteiger partial charge in [-0.25, -0.2) is 4.98 Å². The molecule has 1 amide bonds. The summed E-state index contributed by atoms with van der Waals surface area (Å²) in [6, 6.07) is 8.24. The van der Waals surface area contributed by atoms with Gasteiger partial charge in [-0.05, 0) is 18.4 Å². The van der Waals surface area contributed by atoms with Crippen LogP contribution in [0.3, 0.4) is 0 Å². The predicted molar refractivity (Wildman–Crippen MR) is 91.9 cm³/mol. The van der Waals surface area contributed by atoms with Gasteiger partial charge in [-0.2, -0.15) is 0 Å². The first-order valence-corrected chi connectivity index (χ1v) is 8.28. The summed E-state index contributed by atoms with van der Waals surface area (Å²) in [6.07, 6.45) is -0.230. The van der Waals surface area contributed by atoms with Crippen molar-refractivity contribution in [3.63, 3.8) is 0 Å². The maximum Gasteiger partial charge on any atom is 0.303 e. The van der Waals surface area contributed by atoms with Gasteiger partial charge in [0.2, 0.25) is 5.91 Å². The highest BCUT2D eigenvalue weighted by Crippen LogP contribution is 2.31. The van der Waals surface area contributed by atoms with E-state index in [1.165, 1.54) is 16.9 Å². The zero-order valence-electron chi connectivity index (χ0n) is 13.4. The topological polar surface area (TPSA) is 79.3 Å². The Morgan fingerprint density at radius 3 is 2.43 bits per heavy atom. The van der Waals surface area contributed by atoms with Crippen molar-refractivity contribution in [3.8, 4) is 11.3 Å². The molecule has 23 heavy (non-hydrogen) atoms. The number of amides is 1. The van der Waals surface area contributed by atoms with Crippen molar-refractivity contribution >= 4 is 28.3 Å². The summed E-state index contributed by atoms with van der Waals surface area (Å²) >= 11 is 1.39. The highest BCUT2D eigenvalue weighted by Gasteiger charge is 2.13. The third kappa shape index (κ3) is 4.63. The fraction of sp³-hybridized carbons (Fsp3) is 0.353. The number of rotatable bonds is 6. The van der Waals surface area contributed by atoms with Crippen LogP contribution in [0.5, 0.6) is 0 Å². The number of thiazole rings is 1. The van der Waals surface area contributed by atoms with E-state index < -0.39 is 5.97 Å². The molecule has 0 unspecified atom stereocenters. The maximum absolute atomic E-state index is 11.7. The van der Waals surface area contributed by atoms with Crippen molar-refractivity contribution in [1.82, 2.24) is 4.98 Å². The van der Waals surface area contributed by atoms with Crippen LogP contribution in [-0.4, -0.2) is 22.0 Å². The van der Waals surface area contributed by atoms with Crippen molar-refractivity contribution in [2.75, 3.05) is 5.32 Å². The molecule has 0 bridgehead atoms. The zero-order valence-corrected chi connectivity index (χ0v) is 14.2. The van der Waals surface area contributed by atoms with Crippen LogP contribution < -0.4 is 5.32 Å². The van der Waals surface area contributed by atoms with Crippen LogP contribution in [0.4, 0.5) is 5.13 Å². The van der Waals surface area contributed by atoms with E-state index in [1.54, 1.807) is 0 Å². The summed E-state index contributed by atoms with van der Waals surface area (Å²) in [5.41, 5.74) is 3.12. The SMILES string of the molecule is Cc1sc(NC(=O)CCC(=O)O)nc1-c1ccc(C(C)C)cc1. The molecule has 2 aromatic rings. The van der Waals surface area contributed by atoms with E-state index in [0.29, 0.717) is 11.0 Å². The molecular formula is C17H20N2O3S. The van der Waals surface area contributed by atoms with Crippen LogP contribution in [0.1, 0.15) is 43.0 Å². The minimum atomic E-state index is -0.985. The number of carbonyl (C=O) groups is 2. The number of benzene rings is 1. The molecule has 0 radical (unpaired) electrons. The quantitative estimate of drug-likeness (QED) is 0.836. The molecule has 0 saturated heterocycles. The van der Waals surface area contributed by atoms with Crippen LogP contribution in [0.25, 0.3) is 11.3 Å². The van der Waals surface area contributed by atoms with E-state index >= 15 is 0 Å². The number of aromatic nitrogens is 1. The normalized spacial score (nSPS) is 10.8. The number of nitrogens with one attached hydrogen (secondary N) is 1. The summed E-state index contributed by atoms with van der Waals surface area (Å²) < 4.78 is 0. The standard InChI is InChI=1S/C17H20N2O3S/c1-10(2)12-4-6-13(7-5-12)16-11(3)23-17(19-16)18-14(20)8-9-15(21)22/h4-7,10H,8-9H2,1-3H3,(H,21,22)(H,18,19,20). The van der Waals surface area contributed by atoms with Gasteiger partial charge in [-0.3, -0.25) is 9.59 Å². The largest absolute Gasteiger partial charge is 0.481 e. The van der Waals surface area contributed by atoms with Crippen LogP contribution in [-0.2, 0) is 9.59 Å². The first-order chi connectivity index (χ1) is 10.9. The predicted octanol–water partition coefficient (Wildman–Crippen LogP) is 4.05. The Labute approximate surface area is 139 Å². The number of carbonyl (C=O) groups excluding carboxylic acids is 1. The first-order valence-electron chi connectivity index (χ1n) is 7.46. The molecule has 1 aromatic heterocycles. The first kappa shape index (κ1) is 17.1. The van der Waals surface area contributed by atoms with E-state index in [0.717, 1.165) is 16.1 Å². The molecule has 5 nitrogen and oxygen atoms in total. The molecule has 0 atom stereocenters. The average molecular weight is 332 g/mol. The van der Waals surface area contributed by atoms with E-state index in [2.05, 4.69) is 36.3 Å². The molecular weight excluding hydrogens is 312 g/mol. The number of carboxylic acids is 1. The third-order valence-electron chi connectivity index (χ3n) is 3.46. The van der Waals surface area contributed by atoms with Crippen molar-refractivity contribution < 1.29 is 14.7 Å². The van der Waals surface area contributed by atoms with E-state index in [-0.39, 0.29) is 18.7 Å². The second-order valence-electron chi connectivity index (χ2n) is 5.64. The molecule has 122 valence electrons. The highest BCUT2D eigenvalue weighted by molar-refractivity contribution is 7.16. The lowest BCUT2D eigenvalue weighted by Gasteiger charge is -2.06. The van der Waals surface area contributed by atoms with Gasteiger partial charge < -0.3 is 10.4 Å². The lowest BCUT2D eigenvalue weighted by molar-refractivity contribution is -0.138. The highest BCUT2D eigenvalue weighted by atomic mass is 32.1. The fourth-order valence-electron chi connectivity index (χ4n) is 2.15. The molecule has 0 saturated carbocycles. The van der Waals surface area contributed by atoms with E-state index in [4.69, 9.17) is 5.11 Å². The summed E-state index contributed by atoms with van der Waals surface area (Å²) in [5.74, 6) is -0.839. The van der Waals surface area contributed by atoms with Crippen molar-refractivity contribution in [3.05, 3.63) is 34.7 Å². The van der Waals surface area contributed by atoms with Crippen LogP contribution in [0.15, 0.2) is 24.3 Å². The minimum Gasteiger partial charge on any atom is -0.481 e. The van der Waals surface area contributed by atoms with Crippen LogP contribution >= 0.6 is 11.3 Å². The Bertz CT molecular complexity index is 705. The van der Waals surface area contributed by atoms with E-state index in [9.17, 15) is 9.59 Å². The Morgan fingerprint density at radius 2 is 1.87 bits per heavy atom. The van der Waals surface area contributed by atoms with Crippen LogP contribution in [0.2, 0.25) is 0 Å². The fourth-order valence-corrected chi connectivity index (χ4v) is 3.00. The van der Waals surface area contributed by atoms with Gasteiger partial charge in [-0.15, -0.1) is 11.3 Å². The molecule has 0 spiro atoms. The smallest absolute Gasteiger partial charge is 0.303 e. The van der Waals surface area contributed by atoms with Gasteiger partial charge in [0.1, 0.15) is 0 Å². The lowest BCUT2D eigenvalue weighted by Crippen LogP contribution is -2.12. The zero-order chi connectivity index (χ0) is 17.0. The lowest BCUT2D eigenvalue weighted by atomic mass is 10.0. The number of anilines is 1. The molecule has 0 fully saturated rings. The second kappa shape index (κ2) is 7.37. The summed E-state index contributed by atoms with van der Waals surface area (Å²) in [5, 5.41) is 11.8. The number of nitrogens with zero attached hydrogens (tertiary/aromatic N) is 1. The van der Waals surface area contributed by atoms with E-state index in [1.807, 2.05) is 19.1 Å². The molecule has 2 N–H and O–H groups in total. The van der Waals surface area contributed by atoms with Gasteiger partial charge in [0, 0.05) is 16.9 Å². The van der Waals surface area contributed by atoms with Gasteiger partial charge >= 0.3 is 5.97 Å². The Kier molecular flexibility index (Phi) is 5.50. The number of carboxylic acid groups (broad SMARTS) is 1. The van der Waals surface area contributed by atoms with Crippen molar-refractivity contribution in [2.45, 2.75) is 39.5 Å². The van der Waals surface area contributed by atoms with Gasteiger partial charge in [-0.1, -0.05) is 38.1 Å². The van der Waals surface area contributed by atoms with Gasteiger partial charge in [0.25, 0.3) is 0 Å². The summed E-state index contributed by atoms with van der Waals surface area (Å²) in [6.45, 7) is 6.25. The molecule has 1 aromatic carbocycles. The monoisotopic (exact) mass is 332 g/mol. The van der Waals surface area contributed by atoms with Crippen molar-refractivity contribution in [2.24, 2.45) is 0 Å². The molecule has 0 aliphatic heterocycles.